The summed E-state index contributed by atoms with van der Waals surface area (Å²) in [5, 5.41) is 8.62. The van der Waals surface area contributed by atoms with Crippen LogP contribution >= 0.6 is 15.9 Å². The molecule has 1 N–H and O–H groups in total. The molecule has 0 radical (unpaired) electrons. The fourth-order valence-corrected chi connectivity index (χ4v) is 1.20. The SMILES string of the molecule is C/C(=C\c1ccnc(Br)c1)C(=O)O. The Morgan fingerprint density at radius 3 is 2.92 bits per heavy atom. The van der Waals surface area contributed by atoms with E-state index in [0.29, 0.717) is 10.2 Å². The monoisotopic (exact) mass is 241 g/mol. The highest BCUT2D eigenvalue weighted by Gasteiger charge is 1.99. The Hall–Kier alpha value is -1.16. The van der Waals surface area contributed by atoms with Crippen LogP contribution in [-0.2, 0) is 4.79 Å². The lowest BCUT2D eigenvalue weighted by atomic mass is 10.2. The number of carboxylic acid groups (broad SMARTS) is 1. The number of hydrogen-bond donors (Lipinski definition) is 1. The molecule has 0 saturated heterocycles. The van der Waals surface area contributed by atoms with E-state index in [0.717, 1.165) is 5.56 Å². The zero-order valence-corrected chi connectivity index (χ0v) is 8.58. The minimum absolute atomic E-state index is 0.304. The molecule has 0 fully saturated rings. The summed E-state index contributed by atoms with van der Waals surface area (Å²) in [6.07, 6.45) is 3.21. The van der Waals surface area contributed by atoms with Gasteiger partial charge in [-0.1, -0.05) is 0 Å². The third kappa shape index (κ3) is 2.99. The molecular formula is C9H8BrNO2. The number of pyridine rings is 1. The van der Waals surface area contributed by atoms with Crippen molar-refractivity contribution in [1.29, 1.82) is 0 Å². The van der Waals surface area contributed by atoms with Crippen molar-refractivity contribution in [2.24, 2.45) is 0 Å². The Morgan fingerprint density at radius 1 is 1.69 bits per heavy atom. The topological polar surface area (TPSA) is 50.2 Å². The van der Waals surface area contributed by atoms with Gasteiger partial charge in [0.1, 0.15) is 4.60 Å². The molecule has 0 aliphatic carbocycles. The van der Waals surface area contributed by atoms with Crippen molar-refractivity contribution in [2.75, 3.05) is 0 Å². The molecule has 0 saturated carbocycles. The fraction of sp³-hybridized carbons (Fsp3) is 0.111. The maximum Gasteiger partial charge on any atom is 0.331 e. The maximum absolute atomic E-state index is 10.5. The van der Waals surface area contributed by atoms with Crippen LogP contribution in [0.4, 0.5) is 0 Å². The van der Waals surface area contributed by atoms with E-state index in [-0.39, 0.29) is 0 Å². The second-order valence-electron chi connectivity index (χ2n) is 2.54. The van der Waals surface area contributed by atoms with Gasteiger partial charge in [0.15, 0.2) is 0 Å². The predicted octanol–water partition coefficient (Wildman–Crippen LogP) is 2.33. The van der Waals surface area contributed by atoms with Crippen molar-refractivity contribution in [3.63, 3.8) is 0 Å². The van der Waals surface area contributed by atoms with E-state index in [1.807, 2.05) is 0 Å². The van der Waals surface area contributed by atoms with Crippen molar-refractivity contribution in [3.05, 3.63) is 34.1 Å². The molecule has 0 spiro atoms. The zero-order chi connectivity index (χ0) is 9.84. The van der Waals surface area contributed by atoms with Crippen LogP contribution in [0.1, 0.15) is 12.5 Å². The molecule has 13 heavy (non-hydrogen) atoms. The molecule has 0 atom stereocenters. The molecule has 0 aliphatic heterocycles. The van der Waals surface area contributed by atoms with E-state index < -0.39 is 5.97 Å². The number of carbonyl (C=O) groups is 1. The van der Waals surface area contributed by atoms with Gasteiger partial charge in [-0.05, 0) is 46.6 Å². The molecular weight excluding hydrogens is 234 g/mol. The van der Waals surface area contributed by atoms with Crippen LogP contribution in [0.15, 0.2) is 28.5 Å². The third-order valence-electron chi connectivity index (χ3n) is 1.47. The number of carboxylic acids is 1. The smallest absolute Gasteiger partial charge is 0.331 e. The highest BCUT2D eigenvalue weighted by Crippen LogP contribution is 2.11. The molecule has 4 heteroatoms. The van der Waals surface area contributed by atoms with Gasteiger partial charge in [-0.25, -0.2) is 9.78 Å². The normalized spacial score (nSPS) is 11.4. The summed E-state index contributed by atoms with van der Waals surface area (Å²) in [5.41, 5.74) is 1.12. The molecule has 0 amide bonds. The van der Waals surface area contributed by atoms with Crippen LogP contribution in [0.25, 0.3) is 6.08 Å². The number of rotatable bonds is 2. The minimum Gasteiger partial charge on any atom is -0.478 e. The average Bonchev–Trinajstić information content (AvgIpc) is 2.04. The first-order valence-electron chi connectivity index (χ1n) is 3.63. The molecule has 1 rings (SSSR count). The molecule has 3 nitrogen and oxygen atoms in total. The maximum atomic E-state index is 10.5. The highest BCUT2D eigenvalue weighted by molar-refractivity contribution is 9.10. The summed E-state index contributed by atoms with van der Waals surface area (Å²) in [7, 11) is 0. The van der Waals surface area contributed by atoms with Gasteiger partial charge >= 0.3 is 5.97 Å². The largest absolute Gasteiger partial charge is 0.478 e. The van der Waals surface area contributed by atoms with Gasteiger partial charge in [0.2, 0.25) is 0 Å². The van der Waals surface area contributed by atoms with Crippen LogP contribution in [-0.4, -0.2) is 16.1 Å². The quantitative estimate of drug-likeness (QED) is 0.639. The Kier molecular flexibility index (Phi) is 3.19. The minimum atomic E-state index is -0.909. The lowest BCUT2D eigenvalue weighted by Crippen LogP contribution is -1.95. The lowest BCUT2D eigenvalue weighted by Gasteiger charge is -1.95. The number of hydrogen-bond acceptors (Lipinski definition) is 2. The molecule has 0 aromatic carbocycles. The first kappa shape index (κ1) is 9.92. The third-order valence-corrected chi connectivity index (χ3v) is 1.90. The molecule has 1 heterocycles. The summed E-state index contributed by atoms with van der Waals surface area (Å²) >= 11 is 3.20. The van der Waals surface area contributed by atoms with Gasteiger partial charge in [0.25, 0.3) is 0 Å². The van der Waals surface area contributed by atoms with Gasteiger partial charge in [0.05, 0.1) is 0 Å². The predicted molar refractivity (Wildman–Crippen MR) is 53.2 cm³/mol. The summed E-state index contributed by atoms with van der Waals surface area (Å²) in [4.78, 5) is 14.4. The summed E-state index contributed by atoms with van der Waals surface area (Å²) < 4.78 is 0.694. The van der Waals surface area contributed by atoms with E-state index in [1.165, 1.54) is 0 Å². The molecule has 1 aromatic heterocycles. The van der Waals surface area contributed by atoms with Crippen LogP contribution < -0.4 is 0 Å². The van der Waals surface area contributed by atoms with Gasteiger partial charge < -0.3 is 5.11 Å². The fourth-order valence-electron chi connectivity index (χ4n) is 0.819. The van der Waals surface area contributed by atoms with Crippen molar-refractivity contribution < 1.29 is 9.90 Å². The number of aliphatic carboxylic acids is 1. The van der Waals surface area contributed by atoms with Gasteiger partial charge in [-0.15, -0.1) is 0 Å². The van der Waals surface area contributed by atoms with Gasteiger partial charge in [-0.2, -0.15) is 0 Å². The van der Waals surface area contributed by atoms with E-state index in [4.69, 9.17) is 5.11 Å². The standard InChI is InChI=1S/C9H8BrNO2/c1-6(9(12)13)4-7-2-3-11-8(10)5-7/h2-5H,1H3,(H,12,13)/b6-4+. The van der Waals surface area contributed by atoms with Crippen molar-refractivity contribution >= 4 is 28.0 Å². The van der Waals surface area contributed by atoms with Crippen LogP contribution in [0, 0.1) is 0 Å². The average molecular weight is 242 g/mol. The van der Waals surface area contributed by atoms with Crippen molar-refractivity contribution in [3.8, 4) is 0 Å². The Bertz CT molecular complexity index is 360. The van der Waals surface area contributed by atoms with Crippen LogP contribution in [0.5, 0.6) is 0 Å². The summed E-state index contributed by atoms with van der Waals surface area (Å²) in [5.74, 6) is -0.909. The van der Waals surface area contributed by atoms with E-state index in [2.05, 4.69) is 20.9 Å². The van der Waals surface area contributed by atoms with Gasteiger partial charge in [-0.3, -0.25) is 0 Å². The lowest BCUT2D eigenvalue weighted by molar-refractivity contribution is -0.132. The number of nitrogens with zero attached hydrogens (tertiary/aromatic N) is 1. The molecule has 0 unspecified atom stereocenters. The van der Waals surface area contributed by atoms with E-state index in [9.17, 15) is 4.79 Å². The van der Waals surface area contributed by atoms with Crippen LogP contribution in [0.2, 0.25) is 0 Å². The summed E-state index contributed by atoms with van der Waals surface area (Å²) in [6, 6.07) is 3.50. The Labute approximate surface area is 84.2 Å². The first-order valence-corrected chi connectivity index (χ1v) is 4.42. The van der Waals surface area contributed by atoms with Crippen LogP contribution in [0.3, 0.4) is 0 Å². The van der Waals surface area contributed by atoms with E-state index in [1.54, 1.807) is 31.3 Å². The van der Waals surface area contributed by atoms with Crippen molar-refractivity contribution in [2.45, 2.75) is 6.92 Å². The number of aromatic nitrogens is 1. The summed E-state index contributed by atoms with van der Waals surface area (Å²) in [6.45, 7) is 1.55. The number of halogens is 1. The van der Waals surface area contributed by atoms with Gasteiger partial charge in [0, 0.05) is 11.8 Å². The molecule has 0 aliphatic rings. The van der Waals surface area contributed by atoms with E-state index >= 15 is 0 Å². The Balaban J connectivity index is 2.97. The Morgan fingerprint density at radius 2 is 2.38 bits per heavy atom. The first-order chi connectivity index (χ1) is 6.09. The molecule has 0 bridgehead atoms. The molecule has 1 aromatic rings. The highest BCUT2D eigenvalue weighted by atomic mass is 79.9. The molecule has 68 valence electrons. The zero-order valence-electron chi connectivity index (χ0n) is 6.99. The van der Waals surface area contributed by atoms with Crippen molar-refractivity contribution in [1.82, 2.24) is 4.98 Å². The second kappa shape index (κ2) is 4.18. The second-order valence-corrected chi connectivity index (χ2v) is 3.36.